The van der Waals surface area contributed by atoms with Gasteiger partial charge in [0.25, 0.3) is 0 Å². The molecule has 0 aliphatic rings. The average molecular weight is 356 g/mol. The van der Waals surface area contributed by atoms with Crippen molar-refractivity contribution in [2.75, 3.05) is 5.32 Å². The minimum atomic E-state index is 0.724. The van der Waals surface area contributed by atoms with Crippen molar-refractivity contribution in [2.45, 2.75) is 13.5 Å². The number of anilines is 1. The highest BCUT2D eigenvalue weighted by Gasteiger charge is 2.02. The van der Waals surface area contributed by atoms with Gasteiger partial charge in [-0.3, -0.25) is 4.98 Å². The van der Waals surface area contributed by atoms with E-state index in [1.807, 2.05) is 30.5 Å². The number of benzene rings is 1. The molecule has 0 amide bonds. The molecule has 0 unspecified atom stereocenters. The zero-order chi connectivity index (χ0) is 12.3. The maximum Gasteiger partial charge on any atom is 0.0623 e. The summed E-state index contributed by atoms with van der Waals surface area (Å²) in [6.45, 7) is 2.79. The molecule has 0 aliphatic carbocycles. The summed E-state index contributed by atoms with van der Waals surface area (Å²) in [6, 6.07) is 10.1. The molecule has 0 aliphatic heterocycles. The van der Waals surface area contributed by atoms with Gasteiger partial charge in [-0.25, -0.2) is 0 Å². The Morgan fingerprint density at radius 3 is 2.82 bits per heavy atom. The van der Waals surface area contributed by atoms with E-state index < -0.39 is 0 Å². The second-order valence-corrected chi connectivity index (χ2v) is 5.51. The normalized spacial score (nSPS) is 10.3. The molecule has 1 aromatic heterocycles. The molecular formula is C13H12Br2N2. The highest BCUT2D eigenvalue weighted by Crippen LogP contribution is 2.26. The number of aryl methyl sites for hydroxylation is 1. The van der Waals surface area contributed by atoms with E-state index in [1.54, 1.807) is 0 Å². The van der Waals surface area contributed by atoms with Crippen LogP contribution in [0.4, 0.5) is 5.69 Å². The molecule has 1 N–H and O–H groups in total. The van der Waals surface area contributed by atoms with Crippen LogP contribution in [0.3, 0.4) is 0 Å². The number of nitrogens with zero attached hydrogens (tertiary/aromatic N) is 1. The van der Waals surface area contributed by atoms with Crippen molar-refractivity contribution in [3.8, 4) is 0 Å². The Bertz CT molecular complexity index is 527. The zero-order valence-electron chi connectivity index (χ0n) is 9.37. The molecule has 2 nitrogen and oxygen atoms in total. The quantitative estimate of drug-likeness (QED) is 0.875. The van der Waals surface area contributed by atoms with E-state index in [0.29, 0.717) is 0 Å². The van der Waals surface area contributed by atoms with Gasteiger partial charge in [-0.1, -0.05) is 22.0 Å². The molecule has 0 atom stereocenters. The van der Waals surface area contributed by atoms with E-state index in [4.69, 9.17) is 0 Å². The van der Waals surface area contributed by atoms with Crippen molar-refractivity contribution in [1.82, 2.24) is 4.98 Å². The van der Waals surface area contributed by atoms with Gasteiger partial charge in [0.15, 0.2) is 0 Å². The maximum atomic E-state index is 4.36. The average Bonchev–Trinajstić information content (AvgIpc) is 2.32. The lowest BCUT2D eigenvalue weighted by molar-refractivity contribution is 1.02. The third-order valence-corrected chi connectivity index (χ3v) is 3.68. The Labute approximate surface area is 118 Å². The summed E-state index contributed by atoms with van der Waals surface area (Å²) in [4.78, 5) is 4.36. The summed E-state index contributed by atoms with van der Waals surface area (Å²) in [6.07, 6.45) is 1.82. The van der Waals surface area contributed by atoms with E-state index >= 15 is 0 Å². The molecule has 0 saturated carbocycles. The predicted molar refractivity (Wildman–Crippen MR) is 78.1 cm³/mol. The van der Waals surface area contributed by atoms with Gasteiger partial charge in [0, 0.05) is 20.8 Å². The molecule has 0 radical (unpaired) electrons. The lowest BCUT2D eigenvalue weighted by Crippen LogP contribution is -2.03. The maximum absolute atomic E-state index is 4.36. The highest BCUT2D eigenvalue weighted by molar-refractivity contribution is 9.11. The van der Waals surface area contributed by atoms with Crippen LogP contribution in [0.5, 0.6) is 0 Å². The van der Waals surface area contributed by atoms with Crippen LogP contribution in [0.25, 0.3) is 0 Å². The summed E-state index contributed by atoms with van der Waals surface area (Å²) in [5, 5.41) is 3.37. The first kappa shape index (κ1) is 12.6. The first-order chi connectivity index (χ1) is 8.16. The number of aromatic nitrogens is 1. The van der Waals surface area contributed by atoms with Crippen LogP contribution in [-0.4, -0.2) is 4.98 Å². The van der Waals surface area contributed by atoms with Crippen LogP contribution < -0.4 is 5.32 Å². The number of nitrogens with one attached hydrogen (secondary N) is 1. The van der Waals surface area contributed by atoms with Crippen LogP contribution in [0.2, 0.25) is 0 Å². The van der Waals surface area contributed by atoms with Crippen LogP contribution in [0, 0.1) is 6.92 Å². The molecule has 0 fully saturated rings. The molecule has 17 heavy (non-hydrogen) atoms. The van der Waals surface area contributed by atoms with Crippen molar-refractivity contribution in [3.63, 3.8) is 0 Å². The molecule has 0 saturated heterocycles. The zero-order valence-corrected chi connectivity index (χ0v) is 12.5. The van der Waals surface area contributed by atoms with Gasteiger partial charge in [0.2, 0.25) is 0 Å². The third kappa shape index (κ3) is 3.30. The van der Waals surface area contributed by atoms with Gasteiger partial charge in [-0.15, -0.1) is 0 Å². The molecule has 0 spiro atoms. The van der Waals surface area contributed by atoms with Gasteiger partial charge in [-0.05, 0) is 52.7 Å². The van der Waals surface area contributed by atoms with Gasteiger partial charge in [0.1, 0.15) is 0 Å². The Balaban J connectivity index is 2.12. The summed E-state index contributed by atoms with van der Waals surface area (Å²) >= 11 is 6.98. The van der Waals surface area contributed by atoms with Gasteiger partial charge in [-0.2, -0.15) is 0 Å². The number of pyridine rings is 1. The fourth-order valence-electron chi connectivity index (χ4n) is 1.52. The first-order valence-corrected chi connectivity index (χ1v) is 6.85. The lowest BCUT2D eigenvalue weighted by atomic mass is 10.2. The molecule has 88 valence electrons. The summed E-state index contributed by atoms with van der Waals surface area (Å²) < 4.78 is 2.11. The molecule has 1 heterocycles. The Morgan fingerprint density at radius 1 is 1.24 bits per heavy atom. The van der Waals surface area contributed by atoms with Gasteiger partial charge >= 0.3 is 0 Å². The molecule has 1 aromatic carbocycles. The highest BCUT2D eigenvalue weighted by atomic mass is 79.9. The van der Waals surface area contributed by atoms with E-state index in [0.717, 1.165) is 26.9 Å². The number of halogens is 2. The third-order valence-electron chi connectivity index (χ3n) is 2.49. The van der Waals surface area contributed by atoms with Gasteiger partial charge < -0.3 is 5.32 Å². The Morgan fingerprint density at radius 2 is 2.06 bits per heavy atom. The van der Waals surface area contributed by atoms with Crippen molar-refractivity contribution >= 4 is 37.5 Å². The molecule has 4 heteroatoms. The van der Waals surface area contributed by atoms with E-state index in [-0.39, 0.29) is 0 Å². The summed E-state index contributed by atoms with van der Waals surface area (Å²) in [7, 11) is 0. The number of rotatable bonds is 3. The minimum absolute atomic E-state index is 0.724. The second kappa shape index (κ2) is 5.65. The summed E-state index contributed by atoms with van der Waals surface area (Å²) in [5.74, 6) is 0. The smallest absolute Gasteiger partial charge is 0.0623 e. The van der Waals surface area contributed by atoms with Crippen LogP contribution in [-0.2, 0) is 6.54 Å². The fourth-order valence-corrected chi connectivity index (χ4v) is 2.26. The predicted octanol–water partition coefficient (Wildman–Crippen LogP) is 4.53. The first-order valence-electron chi connectivity index (χ1n) is 5.26. The topological polar surface area (TPSA) is 24.9 Å². The van der Waals surface area contributed by atoms with Crippen LogP contribution in [0.1, 0.15) is 11.3 Å². The Hall–Kier alpha value is -0.870. The SMILES string of the molecule is Cc1cccnc1CNc1cc(Br)ccc1Br. The van der Waals surface area contributed by atoms with Crippen molar-refractivity contribution in [2.24, 2.45) is 0 Å². The molecular weight excluding hydrogens is 344 g/mol. The summed E-state index contributed by atoms with van der Waals surface area (Å²) in [5.41, 5.74) is 3.33. The molecule has 2 rings (SSSR count). The van der Waals surface area contributed by atoms with Crippen LogP contribution >= 0.6 is 31.9 Å². The van der Waals surface area contributed by atoms with Gasteiger partial charge in [0.05, 0.1) is 12.2 Å². The number of hydrogen-bond donors (Lipinski definition) is 1. The van der Waals surface area contributed by atoms with Crippen molar-refractivity contribution < 1.29 is 0 Å². The molecule has 2 aromatic rings. The number of hydrogen-bond acceptors (Lipinski definition) is 2. The Kier molecular flexibility index (Phi) is 4.18. The van der Waals surface area contributed by atoms with Crippen LogP contribution in [0.15, 0.2) is 45.5 Å². The fraction of sp³-hybridized carbons (Fsp3) is 0.154. The van der Waals surface area contributed by atoms with Crippen molar-refractivity contribution in [3.05, 3.63) is 56.7 Å². The lowest BCUT2D eigenvalue weighted by Gasteiger charge is -2.10. The van der Waals surface area contributed by atoms with Crippen molar-refractivity contribution in [1.29, 1.82) is 0 Å². The standard InChI is InChI=1S/C13H12Br2N2/c1-9-3-2-6-16-13(9)8-17-12-7-10(14)4-5-11(12)15/h2-7,17H,8H2,1H3. The van der Waals surface area contributed by atoms with E-state index in [2.05, 4.69) is 55.2 Å². The monoisotopic (exact) mass is 354 g/mol. The second-order valence-electron chi connectivity index (χ2n) is 3.74. The van der Waals surface area contributed by atoms with E-state index in [9.17, 15) is 0 Å². The largest absolute Gasteiger partial charge is 0.378 e. The minimum Gasteiger partial charge on any atom is -0.378 e. The molecule has 0 bridgehead atoms. The van der Waals surface area contributed by atoms with E-state index in [1.165, 1.54) is 5.56 Å².